The molecule has 0 aromatic carbocycles. The van der Waals surface area contributed by atoms with Gasteiger partial charge in [0.05, 0.1) is 11.7 Å². The summed E-state index contributed by atoms with van der Waals surface area (Å²) in [7, 11) is 1.53. The number of hydrogen-bond acceptors (Lipinski definition) is 2. The third-order valence-electron chi connectivity index (χ3n) is 1.25. The molecule has 0 bridgehead atoms. The van der Waals surface area contributed by atoms with Crippen LogP contribution in [-0.4, -0.2) is 18.1 Å². The molecule has 0 aromatic rings. The third-order valence-corrected chi connectivity index (χ3v) is 1.87. The van der Waals surface area contributed by atoms with E-state index in [2.05, 4.69) is 0 Å². The van der Waals surface area contributed by atoms with Gasteiger partial charge < -0.3 is 4.74 Å². The Morgan fingerprint density at radius 2 is 2.11 bits per heavy atom. The summed E-state index contributed by atoms with van der Waals surface area (Å²) in [5.74, 6) is 0. The van der Waals surface area contributed by atoms with Crippen LogP contribution >= 0.6 is 11.6 Å². The summed E-state index contributed by atoms with van der Waals surface area (Å²) in [5, 5.41) is 7.76. The largest absolute Gasteiger partial charge is 0.376 e. The number of methoxy groups -OCH3 is 1. The average Bonchev–Trinajstić information content (AvgIpc) is 1.86. The van der Waals surface area contributed by atoms with Crippen LogP contribution in [0.25, 0.3) is 0 Å². The summed E-state index contributed by atoms with van der Waals surface area (Å²) < 4.78 is 4.94. The first kappa shape index (κ1) is 8.74. The van der Waals surface area contributed by atoms with Crippen molar-refractivity contribution in [1.82, 2.24) is 0 Å². The van der Waals surface area contributed by atoms with Crippen LogP contribution in [0.5, 0.6) is 0 Å². The Kier molecular flexibility index (Phi) is 2.96. The third kappa shape index (κ3) is 2.21. The summed E-state index contributed by atoms with van der Waals surface area (Å²) in [5.41, 5.74) is -0.545. The van der Waals surface area contributed by atoms with Crippen molar-refractivity contribution >= 4 is 11.6 Å². The van der Waals surface area contributed by atoms with Gasteiger partial charge in [0.15, 0.2) is 0 Å². The molecule has 0 aliphatic carbocycles. The van der Waals surface area contributed by atoms with Crippen molar-refractivity contribution < 1.29 is 4.74 Å². The number of hydrogen-bond donors (Lipinski definition) is 0. The molecule has 3 heteroatoms. The van der Waals surface area contributed by atoms with E-state index in [1.807, 2.05) is 6.07 Å². The quantitative estimate of drug-likeness (QED) is 0.556. The van der Waals surface area contributed by atoms with Crippen molar-refractivity contribution in [2.24, 2.45) is 0 Å². The lowest BCUT2D eigenvalue weighted by molar-refractivity contribution is 0.0298. The van der Waals surface area contributed by atoms with Gasteiger partial charge in [0.2, 0.25) is 0 Å². The highest BCUT2D eigenvalue weighted by atomic mass is 35.5. The zero-order valence-corrected chi connectivity index (χ0v) is 6.57. The number of nitrogens with zero attached hydrogens (tertiary/aromatic N) is 1. The first-order chi connectivity index (χ1) is 4.04. The molecule has 9 heavy (non-hydrogen) atoms. The van der Waals surface area contributed by atoms with E-state index < -0.39 is 11.0 Å². The van der Waals surface area contributed by atoms with Crippen molar-refractivity contribution in [3.8, 4) is 6.07 Å². The van der Waals surface area contributed by atoms with Crippen molar-refractivity contribution in [2.45, 2.75) is 24.8 Å². The van der Waals surface area contributed by atoms with Gasteiger partial charge in [-0.3, -0.25) is 0 Å². The molecule has 0 radical (unpaired) electrons. The summed E-state index contributed by atoms with van der Waals surface area (Å²) in [6, 6.07) is 1.90. The van der Waals surface area contributed by atoms with Crippen LogP contribution in [0, 0.1) is 11.3 Å². The highest BCUT2D eigenvalue weighted by Crippen LogP contribution is 2.17. The molecule has 0 aromatic heterocycles. The maximum Gasteiger partial charge on any atom is 0.148 e. The predicted octanol–water partition coefficient (Wildman–Crippen LogP) is 1.54. The number of halogens is 1. The fourth-order valence-corrected chi connectivity index (χ4v) is 0.348. The second kappa shape index (κ2) is 3.05. The maximum absolute atomic E-state index is 8.34. The van der Waals surface area contributed by atoms with E-state index in [1.54, 1.807) is 13.8 Å². The van der Waals surface area contributed by atoms with Crippen molar-refractivity contribution in [3.63, 3.8) is 0 Å². The molecule has 0 spiro atoms. The lowest BCUT2D eigenvalue weighted by atomic mass is 10.1. The minimum Gasteiger partial charge on any atom is -0.376 e. The number of rotatable bonds is 2. The van der Waals surface area contributed by atoms with Gasteiger partial charge in [-0.15, -0.1) is 11.6 Å². The number of alkyl halides is 1. The van der Waals surface area contributed by atoms with Crippen molar-refractivity contribution in [2.75, 3.05) is 7.11 Å². The van der Waals surface area contributed by atoms with Gasteiger partial charge in [-0.2, -0.15) is 5.26 Å². The minimum atomic E-state index is -0.581. The van der Waals surface area contributed by atoms with Crippen LogP contribution < -0.4 is 0 Å². The van der Waals surface area contributed by atoms with Gasteiger partial charge >= 0.3 is 0 Å². The molecule has 0 rings (SSSR count). The van der Waals surface area contributed by atoms with Crippen LogP contribution in [0.2, 0.25) is 0 Å². The summed E-state index contributed by atoms with van der Waals surface area (Å²) in [4.78, 5) is 0. The second-order valence-electron chi connectivity index (χ2n) is 2.30. The molecule has 0 saturated carbocycles. The fourth-order valence-electron chi connectivity index (χ4n) is 0.259. The SMILES string of the molecule is COC(C)(C)C(Cl)C#N. The zero-order chi connectivity index (χ0) is 7.49. The van der Waals surface area contributed by atoms with Gasteiger partial charge in [-0.05, 0) is 13.8 Å². The molecule has 0 N–H and O–H groups in total. The normalized spacial score (nSPS) is 14.6. The Morgan fingerprint density at radius 1 is 1.67 bits per heavy atom. The van der Waals surface area contributed by atoms with E-state index in [1.165, 1.54) is 7.11 Å². The molecular formula is C6H10ClNO. The standard InChI is InChI=1S/C6H10ClNO/c1-6(2,9-3)5(7)4-8/h5H,1-3H3. The molecule has 0 aliphatic heterocycles. The first-order valence-electron chi connectivity index (χ1n) is 2.63. The minimum absolute atomic E-state index is 0.545. The van der Waals surface area contributed by atoms with E-state index in [0.29, 0.717) is 0 Å². The summed E-state index contributed by atoms with van der Waals surface area (Å²) in [6.45, 7) is 3.54. The highest BCUT2D eigenvalue weighted by molar-refractivity contribution is 6.23. The van der Waals surface area contributed by atoms with Gasteiger partial charge in [-0.1, -0.05) is 0 Å². The topological polar surface area (TPSA) is 33.0 Å². The lowest BCUT2D eigenvalue weighted by Crippen LogP contribution is -2.32. The molecule has 0 heterocycles. The Hall–Kier alpha value is -0.260. The van der Waals surface area contributed by atoms with Crippen molar-refractivity contribution in [1.29, 1.82) is 5.26 Å². The average molecular weight is 148 g/mol. The Morgan fingerprint density at radius 3 is 2.22 bits per heavy atom. The Balaban J connectivity index is 4.01. The predicted molar refractivity (Wildman–Crippen MR) is 36.3 cm³/mol. The molecule has 0 saturated heterocycles. The highest BCUT2D eigenvalue weighted by Gasteiger charge is 2.26. The van der Waals surface area contributed by atoms with E-state index in [4.69, 9.17) is 21.6 Å². The van der Waals surface area contributed by atoms with E-state index in [0.717, 1.165) is 0 Å². The van der Waals surface area contributed by atoms with Crippen LogP contribution in [-0.2, 0) is 4.74 Å². The summed E-state index contributed by atoms with van der Waals surface area (Å²) >= 11 is 5.57. The van der Waals surface area contributed by atoms with E-state index in [9.17, 15) is 0 Å². The van der Waals surface area contributed by atoms with Gasteiger partial charge in [0.25, 0.3) is 0 Å². The fraction of sp³-hybridized carbons (Fsp3) is 0.833. The summed E-state index contributed by atoms with van der Waals surface area (Å²) in [6.07, 6.45) is 0. The lowest BCUT2D eigenvalue weighted by Gasteiger charge is -2.22. The molecule has 1 unspecified atom stereocenters. The molecule has 0 fully saturated rings. The number of nitriles is 1. The zero-order valence-electron chi connectivity index (χ0n) is 5.81. The number of ether oxygens (including phenoxy) is 1. The van der Waals surface area contributed by atoms with E-state index >= 15 is 0 Å². The van der Waals surface area contributed by atoms with Crippen LogP contribution in [0.15, 0.2) is 0 Å². The maximum atomic E-state index is 8.34. The molecule has 1 atom stereocenters. The Labute approximate surface area is 60.4 Å². The van der Waals surface area contributed by atoms with Crippen molar-refractivity contribution in [3.05, 3.63) is 0 Å². The molecular weight excluding hydrogens is 138 g/mol. The van der Waals surface area contributed by atoms with Gasteiger partial charge in [0, 0.05) is 7.11 Å². The molecule has 0 amide bonds. The smallest absolute Gasteiger partial charge is 0.148 e. The molecule has 52 valence electrons. The van der Waals surface area contributed by atoms with Crippen LogP contribution in [0.4, 0.5) is 0 Å². The van der Waals surface area contributed by atoms with Gasteiger partial charge in [0.1, 0.15) is 5.38 Å². The van der Waals surface area contributed by atoms with Crippen LogP contribution in [0.3, 0.4) is 0 Å². The monoisotopic (exact) mass is 147 g/mol. The second-order valence-corrected chi connectivity index (χ2v) is 2.74. The Bertz CT molecular complexity index is 128. The van der Waals surface area contributed by atoms with Crippen LogP contribution in [0.1, 0.15) is 13.8 Å². The molecule has 0 aliphatic rings. The molecule has 2 nitrogen and oxygen atoms in total. The first-order valence-corrected chi connectivity index (χ1v) is 3.07. The van der Waals surface area contributed by atoms with E-state index in [-0.39, 0.29) is 0 Å². The van der Waals surface area contributed by atoms with Gasteiger partial charge in [-0.25, -0.2) is 0 Å².